The molecular formula is C68H122N4O20. The molecule has 1 saturated heterocycles. The summed E-state index contributed by atoms with van der Waals surface area (Å²) in [6.45, 7) is 24.3. The van der Waals surface area contributed by atoms with E-state index in [-0.39, 0.29) is 76.8 Å². The van der Waals surface area contributed by atoms with Crippen molar-refractivity contribution in [3.63, 3.8) is 0 Å². The molecule has 24 nitrogen and oxygen atoms in total. The number of nitrogens with zero attached hydrogens (tertiary/aromatic N) is 2. The summed E-state index contributed by atoms with van der Waals surface area (Å²) in [6.07, 6.45) is 5.16. The second kappa shape index (κ2) is 44.7. The first-order chi connectivity index (χ1) is 43.2. The molecule has 24 heteroatoms. The predicted molar refractivity (Wildman–Crippen MR) is 346 cm³/mol. The van der Waals surface area contributed by atoms with Crippen LogP contribution in [0.2, 0.25) is 0 Å². The van der Waals surface area contributed by atoms with E-state index in [1.165, 1.54) is 14.0 Å². The molecule has 1 fully saturated rings. The number of hydrogen-bond acceptors (Lipinski definition) is 21. The SMILES string of the molecule is CCC(=O)NCCOCCC(=O)CCCCCCO[C@@H]1O[C@H](CO)[C@H](O)[C@H](O)[C@@H]1NC(C)=O.CCCCCCOC(=O)C(C)(CC(C)(CC(C)(C#N)CC)C(=O)OCCOC)C(C)C(C)(CC(C)(CC(C)(CCC)C(=O)O)C(=O)OCCCC)C(=O)OCCN(C)C. The summed E-state index contributed by atoms with van der Waals surface area (Å²) < 4.78 is 45.3. The summed E-state index contributed by atoms with van der Waals surface area (Å²) in [6, 6.07) is 1.42. The molecule has 1 aliphatic heterocycles. The number of ether oxygens (including phenoxy) is 8. The molecule has 1 heterocycles. The highest BCUT2D eigenvalue weighted by atomic mass is 16.7. The van der Waals surface area contributed by atoms with Gasteiger partial charge in [-0.05, 0) is 126 Å². The summed E-state index contributed by atoms with van der Waals surface area (Å²) in [7, 11) is 5.16. The summed E-state index contributed by atoms with van der Waals surface area (Å²) in [5.74, 6) is -4.96. The second-order valence-corrected chi connectivity index (χ2v) is 26.9. The highest BCUT2D eigenvalue weighted by molar-refractivity contribution is 5.85. The number of nitriles is 1. The number of methoxy groups -OCH3 is 1. The minimum absolute atomic E-state index is 0.00757. The fourth-order valence-corrected chi connectivity index (χ4v) is 11.9. The largest absolute Gasteiger partial charge is 0.481 e. The number of carbonyl (C=O) groups excluding carboxylic acids is 7. The van der Waals surface area contributed by atoms with Crippen molar-refractivity contribution in [2.45, 2.75) is 249 Å². The maximum absolute atomic E-state index is 14.9. The summed E-state index contributed by atoms with van der Waals surface area (Å²) in [5, 5.41) is 55.6. The van der Waals surface area contributed by atoms with Crippen molar-refractivity contribution >= 4 is 47.4 Å². The van der Waals surface area contributed by atoms with Gasteiger partial charge < -0.3 is 73.9 Å². The predicted octanol–water partition coefficient (Wildman–Crippen LogP) is 8.20. The van der Waals surface area contributed by atoms with Crippen LogP contribution in [-0.2, 0) is 76.3 Å². The highest BCUT2D eigenvalue weighted by Crippen LogP contribution is 2.56. The zero-order chi connectivity index (χ0) is 70.4. The molecular weight excluding hydrogens is 1190 g/mol. The molecule has 0 radical (unpaired) electrons. The third-order valence-corrected chi connectivity index (χ3v) is 17.8. The van der Waals surface area contributed by atoms with Crippen LogP contribution in [0.4, 0.5) is 0 Å². The lowest BCUT2D eigenvalue weighted by atomic mass is 9.53. The van der Waals surface area contributed by atoms with Crippen LogP contribution in [-0.4, -0.2) is 197 Å². The van der Waals surface area contributed by atoms with E-state index in [1.54, 1.807) is 55.4 Å². The number of hydrogen-bond donors (Lipinski definition) is 6. The monoisotopic (exact) mass is 1310 g/mol. The number of esters is 4. The molecule has 2 amide bonds. The van der Waals surface area contributed by atoms with Crippen LogP contribution >= 0.6 is 0 Å². The van der Waals surface area contributed by atoms with Gasteiger partial charge in [-0.2, -0.15) is 5.26 Å². The third kappa shape index (κ3) is 30.3. The van der Waals surface area contributed by atoms with Crippen molar-refractivity contribution in [1.82, 2.24) is 15.5 Å². The minimum Gasteiger partial charge on any atom is -0.481 e. The van der Waals surface area contributed by atoms with Crippen molar-refractivity contribution in [1.29, 1.82) is 5.26 Å². The average Bonchev–Trinajstić information content (AvgIpc) is 0.746. The summed E-state index contributed by atoms with van der Waals surface area (Å²) in [5.41, 5.74) is -8.62. The number of unbranched alkanes of at least 4 members (excludes halogenated alkanes) is 7. The number of aliphatic carboxylic acids is 1. The van der Waals surface area contributed by atoms with Crippen molar-refractivity contribution in [2.24, 2.45) is 38.4 Å². The number of amides is 2. The Balaban J connectivity index is 0.00000211. The molecule has 1 aliphatic rings. The Morgan fingerprint density at radius 3 is 1.70 bits per heavy atom. The maximum atomic E-state index is 14.9. The number of carboxylic acids is 1. The summed E-state index contributed by atoms with van der Waals surface area (Å²) in [4.78, 5) is 107. The van der Waals surface area contributed by atoms with E-state index in [2.05, 4.69) is 23.6 Å². The number of carbonyl (C=O) groups is 8. The zero-order valence-corrected chi connectivity index (χ0v) is 59.1. The van der Waals surface area contributed by atoms with Gasteiger partial charge in [0.2, 0.25) is 11.8 Å². The number of carboxylic acid groups (broad SMARTS) is 1. The van der Waals surface area contributed by atoms with Crippen LogP contribution in [0.5, 0.6) is 0 Å². The first-order valence-electron chi connectivity index (χ1n) is 33.5. The van der Waals surface area contributed by atoms with E-state index >= 15 is 0 Å². The van der Waals surface area contributed by atoms with E-state index in [0.717, 1.165) is 44.9 Å². The molecule has 0 spiro atoms. The van der Waals surface area contributed by atoms with Gasteiger partial charge in [-0.25, -0.2) is 0 Å². The first-order valence-corrected chi connectivity index (χ1v) is 33.5. The molecule has 12 atom stereocenters. The third-order valence-electron chi connectivity index (χ3n) is 17.8. The van der Waals surface area contributed by atoms with E-state index in [9.17, 15) is 64.0 Å². The molecule has 0 bridgehead atoms. The quantitative estimate of drug-likeness (QED) is 0.0190. The lowest BCUT2D eigenvalue weighted by molar-refractivity contribution is -0.270. The van der Waals surface area contributed by atoms with Crippen molar-refractivity contribution in [3.05, 3.63) is 0 Å². The van der Waals surface area contributed by atoms with Gasteiger partial charge >= 0.3 is 29.8 Å². The van der Waals surface area contributed by atoms with Crippen molar-refractivity contribution < 1.29 is 96.7 Å². The van der Waals surface area contributed by atoms with Crippen LogP contribution in [0.15, 0.2) is 0 Å². The smallest absolute Gasteiger partial charge is 0.312 e. The lowest BCUT2D eigenvalue weighted by Crippen LogP contribution is -2.64. The fourth-order valence-electron chi connectivity index (χ4n) is 11.9. The van der Waals surface area contributed by atoms with Gasteiger partial charge in [0.05, 0.1) is 78.2 Å². The van der Waals surface area contributed by atoms with Gasteiger partial charge in [-0.15, -0.1) is 0 Å². The van der Waals surface area contributed by atoms with Crippen LogP contribution in [0, 0.1) is 49.7 Å². The van der Waals surface area contributed by atoms with E-state index in [4.69, 9.17) is 37.9 Å². The molecule has 534 valence electrons. The van der Waals surface area contributed by atoms with E-state index in [0.29, 0.717) is 84.3 Å². The molecule has 1 rings (SSSR count). The van der Waals surface area contributed by atoms with Gasteiger partial charge in [0, 0.05) is 53.0 Å². The number of Topliss-reactive ketones (excluding diaryl/α,β-unsaturated/α-hetero) is 1. The van der Waals surface area contributed by atoms with Crippen LogP contribution in [0.3, 0.4) is 0 Å². The van der Waals surface area contributed by atoms with Gasteiger partial charge in [-0.3, -0.25) is 38.4 Å². The van der Waals surface area contributed by atoms with Gasteiger partial charge in [-0.1, -0.05) is 86.5 Å². The number of rotatable bonds is 49. The van der Waals surface area contributed by atoms with Crippen molar-refractivity contribution in [3.8, 4) is 6.07 Å². The minimum atomic E-state index is -1.66. The van der Waals surface area contributed by atoms with E-state index < -0.39 is 111 Å². The number of aliphatic hydroxyl groups is 3. The molecule has 0 aliphatic carbocycles. The normalized spacial score (nSPS) is 20.7. The molecule has 0 saturated carbocycles. The molecule has 7 unspecified atom stereocenters. The fraction of sp³-hybridized carbons (Fsp3) is 0.868. The number of nitrogens with one attached hydrogen (secondary N) is 2. The first kappa shape index (κ1) is 87.1. The highest BCUT2D eigenvalue weighted by Gasteiger charge is 2.61. The topological polar surface area (TPSA) is 342 Å². The molecule has 6 N–H and O–H groups in total. The Bertz CT molecular complexity index is 2250. The summed E-state index contributed by atoms with van der Waals surface area (Å²) >= 11 is 0. The number of ketones is 1. The van der Waals surface area contributed by atoms with Gasteiger partial charge in [0.15, 0.2) is 6.29 Å². The Kier molecular flexibility index (Phi) is 42.4. The molecule has 92 heavy (non-hydrogen) atoms. The molecule has 0 aromatic rings. The van der Waals surface area contributed by atoms with Gasteiger partial charge in [0.1, 0.15) is 43.4 Å². The average molecular weight is 1320 g/mol. The standard InChI is InChI=1S/C46H82N2O11.C22H40N2O9/c1-15-19-21-22-26-57-39(53)45(10,32-43(8,30-41(6,18-4)34-47)37(51)59-29-28-55-14)35(5)46(11,40(54)58-27-24-48(12)13)33-44(9,38(52)56-25-20-16-2)31-42(7,23-17-3)36(49)50;1-3-18(28)23-10-13-31-12-9-16(27)8-6-4-5-7-11-32-22-19(24-15(2)26)21(30)20(29)17(14-25)33-22/h35H,15-33H2,1-14H3,(H,49,50);17,19-22,25,29-30H,3-14H2,1-2H3,(H,23,28)(H,24,26)/t;17-,19+,20+,21-,22-/m.1/s1. The Labute approximate surface area is 550 Å². The van der Waals surface area contributed by atoms with Crippen LogP contribution in [0.25, 0.3) is 0 Å². The number of likely N-dealkylation sites (N-methyl/N-ethyl adjacent to an activating group) is 1. The number of aliphatic hydroxyl groups excluding tert-OH is 3. The molecule has 0 aromatic carbocycles. The zero-order valence-electron chi connectivity index (χ0n) is 59.1. The Hall–Kier alpha value is -4.87. The van der Waals surface area contributed by atoms with Crippen molar-refractivity contribution in [2.75, 3.05) is 93.8 Å². The maximum Gasteiger partial charge on any atom is 0.312 e. The van der Waals surface area contributed by atoms with Gasteiger partial charge in [0.25, 0.3) is 0 Å². The van der Waals surface area contributed by atoms with E-state index in [1.807, 2.05) is 39.8 Å². The molecule has 0 aromatic heterocycles. The Morgan fingerprint density at radius 1 is 0.630 bits per heavy atom. The lowest BCUT2D eigenvalue weighted by Gasteiger charge is -2.49. The Morgan fingerprint density at radius 2 is 1.17 bits per heavy atom. The second-order valence-electron chi connectivity index (χ2n) is 26.9. The van der Waals surface area contributed by atoms with Crippen LogP contribution < -0.4 is 10.6 Å². The van der Waals surface area contributed by atoms with Crippen LogP contribution in [0.1, 0.15) is 218 Å².